The van der Waals surface area contributed by atoms with Crippen molar-refractivity contribution in [2.75, 3.05) is 26.2 Å². The minimum Gasteiger partial charge on any atom is -0.469 e. The molecule has 1 saturated heterocycles. The Labute approximate surface area is 134 Å². The van der Waals surface area contributed by atoms with Gasteiger partial charge in [0.05, 0.1) is 6.26 Å². The molecule has 1 fully saturated rings. The molecule has 3 heterocycles. The van der Waals surface area contributed by atoms with Gasteiger partial charge in [-0.1, -0.05) is 0 Å². The van der Waals surface area contributed by atoms with E-state index >= 15 is 0 Å². The Morgan fingerprint density at radius 3 is 2.39 bits per heavy atom. The third-order valence-corrected chi connectivity index (χ3v) is 4.01. The summed E-state index contributed by atoms with van der Waals surface area (Å²) in [5.74, 6) is 0.928. The number of aryl methyl sites for hydroxylation is 1. The Morgan fingerprint density at radius 2 is 1.74 bits per heavy atom. The Hall–Kier alpha value is -2.63. The van der Waals surface area contributed by atoms with Gasteiger partial charge in [0.25, 0.3) is 5.91 Å². The number of hydrogen-bond donors (Lipinski definition) is 0. The highest BCUT2D eigenvalue weighted by atomic mass is 16.3. The highest BCUT2D eigenvalue weighted by Crippen LogP contribution is 2.11. The van der Waals surface area contributed by atoms with Gasteiger partial charge in [-0.25, -0.2) is 0 Å². The van der Waals surface area contributed by atoms with Crippen LogP contribution in [0, 0.1) is 0 Å². The number of piperazine rings is 1. The van der Waals surface area contributed by atoms with Crippen molar-refractivity contribution in [1.82, 2.24) is 14.8 Å². The van der Waals surface area contributed by atoms with Crippen molar-refractivity contribution in [3.8, 4) is 0 Å². The Kier molecular flexibility index (Phi) is 4.71. The molecule has 6 heteroatoms. The number of pyridine rings is 1. The van der Waals surface area contributed by atoms with E-state index in [0.29, 0.717) is 44.6 Å². The zero-order valence-corrected chi connectivity index (χ0v) is 12.9. The lowest BCUT2D eigenvalue weighted by Gasteiger charge is -2.34. The van der Waals surface area contributed by atoms with Gasteiger partial charge in [0, 0.05) is 57.0 Å². The maximum absolute atomic E-state index is 12.3. The standard InChI is InChI=1S/C17H19N3O3/c21-16(4-3-15-2-1-13-23-15)19-9-11-20(12-10-19)17(22)14-5-7-18-8-6-14/h1-2,5-8,13H,3-4,9-12H2. The van der Waals surface area contributed by atoms with Crippen LogP contribution in [0.3, 0.4) is 0 Å². The fourth-order valence-corrected chi connectivity index (χ4v) is 2.68. The van der Waals surface area contributed by atoms with E-state index < -0.39 is 0 Å². The van der Waals surface area contributed by atoms with E-state index in [1.807, 2.05) is 17.0 Å². The molecule has 0 spiro atoms. The summed E-state index contributed by atoms with van der Waals surface area (Å²) < 4.78 is 5.24. The molecule has 0 saturated carbocycles. The van der Waals surface area contributed by atoms with E-state index in [1.165, 1.54) is 0 Å². The molecule has 6 nitrogen and oxygen atoms in total. The molecule has 0 unspecified atom stereocenters. The zero-order chi connectivity index (χ0) is 16.1. The van der Waals surface area contributed by atoms with Crippen LogP contribution in [0.4, 0.5) is 0 Å². The van der Waals surface area contributed by atoms with Gasteiger partial charge >= 0.3 is 0 Å². The summed E-state index contributed by atoms with van der Waals surface area (Å²) in [7, 11) is 0. The van der Waals surface area contributed by atoms with Crippen molar-refractivity contribution < 1.29 is 14.0 Å². The van der Waals surface area contributed by atoms with Crippen molar-refractivity contribution in [3.63, 3.8) is 0 Å². The second-order valence-electron chi connectivity index (χ2n) is 5.49. The number of nitrogens with zero attached hydrogens (tertiary/aromatic N) is 3. The summed E-state index contributed by atoms with van der Waals surface area (Å²) in [5, 5.41) is 0. The van der Waals surface area contributed by atoms with E-state index in [0.717, 1.165) is 5.76 Å². The average molecular weight is 313 g/mol. The molecule has 0 radical (unpaired) electrons. The number of rotatable bonds is 4. The monoisotopic (exact) mass is 313 g/mol. The molecular formula is C17H19N3O3. The zero-order valence-electron chi connectivity index (χ0n) is 12.9. The fourth-order valence-electron chi connectivity index (χ4n) is 2.68. The number of furan rings is 1. The molecule has 0 N–H and O–H groups in total. The summed E-state index contributed by atoms with van der Waals surface area (Å²) in [6.07, 6.45) is 5.89. The minimum absolute atomic E-state index is 0.00455. The lowest BCUT2D eigenvalue weighted by Crippen LogP contribution is -2.50. The van der Waals surface area contributed by atoms with Crippen molar-refractivity contribution in [1.29, 1.82) is 0 Å². The summed E-state index contributed by atoms with van der Waals surface area (Å²) in [6.45, 7) is 2.28. The van der Waals surface area contributed by atoms with Crippen molar-refractivity contribution >= 4 is 11.8 Å². The molecule has 0 aliphatic carbocycles. The summed E-state index contributed by atoms with van der Waals surface area (Å²) in [5.41, 5.74) is 0.637. The average Bonchev–Trinajstić information content (AvgIpc) is 3.13. The predicted molar refractivity (Wildman–Crippen MR) is 83.7 cm³/mol. The minimum atomic E-state index is -0.00455. The molecule has 0 aromatic carbocycles. The largest absolute Gasteiger partial charge is 0.469 e. The number of aromatic nitrogens is 1. The van der Waals surface area contributed by atoms with Crippen LogP contribution in [0.25, 0.3) is 0 Å². The molecule has 0 bridgehead atoms. The molecule has 120 valence electrons. The molecule has 23 heavy (non-hydrogen) atoms. The van der Waals surface area contributed by atoms with E-state index in [9.17, 15) is 9.59 Å². The third-order valence-electron chi connectivity index (χ3n) is 4.01. The van der Waals surface area contributed by atoms with Gasteiger partial charge in [0.15, 0.2) is 0 Å². The second kappa shape index (κ2) is 7.09. The van der Waals surface area contributed by atoms with Crippen LogP contribution in [0.2, 0.25) is 0 Å². The summed E-state index contributed by atoms with van der Waals surface area (Å²) >= 11 is 0. The topological polar surface area (TPSA) is 66.7 Å². The predicted octanol–water partition coefficient (Wildman–Crippen LogP) is 1.59. The number of carbonyl (C=O) groups excluding carboxylic acids is 2. The van der Waals surface area contributed by atoms with Gasteiger partial charge < -0.3 is 14.2 Å². The van der Waals surface area contributed by atoms with Crippen LogP contribution >= 0.6 is 0 Å². The third kappa shape index (κ3) is 3.77. The van der Waals surface area contributed by atoms with E-state index in [1.54, 1.807) is 35.7 Å². The number of carbonyl (C=O) groups is 2. The van der Waals surface area contributed by atoms with Crippen LogP contribution in [0.5, 0.6) is 0 Å². The molecule has 2 aromatic heterocycles. The van der Waals surface area contributed by atoms with E-state index in [4.69, 9.17) is 4.42 Å². The highest BCUT2D eigenvalue weighted by Gasteiger charge is 2.24. The molecule has 3 rings (SSSR count). The highest BCUT2D eigenvalue weighted by molar-refractivity contribution is 5.94. The first-order valence-electron chi connectivity index (χ1n) is 7.73. The van der Waals surface area contributed by atoms with Crippen LogP contribution in [-0.2, 0) is 11.2 Å². The van der Waals surface area contributed by atoms with Crippen LogP contribution < -0.4 is 0 Å². The first-order valence-corrected chi connectivity index (χ1v) is 7.73. The maximum atomic E-state index is 12.3. The molecule has 0 atom stereocenters. The molecule has 2 amide bonds. The van der Waals surface area contributed by atoms with Crippen molar-refractivity contribution in [2.24, 2.45) is 0 Å². The van der Waals surface area contributed by atoms with Gasteiger partial charge in [-0.3, -0.25) is 14.6 Å². The fraction of sp³-hybridized carbons (Fsp3) is 0.353. The van der Waals surface area contributed by atoms with E-state index in [-0.39, 0.29) is 11.8 Å². The quantitative estimate of drug-likeness (QED) is 0.860. The molecular weight excluding hydrogens is 294 g/mol. The normalized spacial score (nSPS) is 14.8. The second-order valence-corrected chi connectivity index (χ2v) is 5.49. The summed E-state index contributed by atoms with van der Waals surface area (Å²) in [6, 6.07) is 7.12. The van der Waals surface area contributed by atoms with Crippen molar-refractivity contribution in [3.05, 3.63) is 54.2 Å². The SMILES string of the molecule is O=C(CCc1ccco1)N1CCN(C(=O)c2ccncc2)CC1. The number of amides is 2. The Bertz CT molecular complexity index is 647. The van der Waals surface area contributed by atoms with Gasteiger partial charge in [0.1, 0.15) is 5.76 Å². The molecule has 2 aromatic rings. The lowest BCUT2D eigenvalue weighted by atomic mass is 10.2. The van der Waals surface area contributed by atoms with Gasteiger partial charge in [-0.2, -0.15) is 0 Å². The lowest BCUT2D eigenvalue weighted by molar-refractivity contribution is -0.132. The van der Waals surface area contributed by atoms with Crippen molar-refractivity contribution in [2.45, 2.75) is 12.8 Å². The molecule has 1 aliphatic rings. The maximum Gasteiger partial charge on any atom is 0.254 e. The first kappa shape index (κ1) is 15.3. The van der Waals surface area contributed by atoms with Crippen LogP contribution in [0.1, 0.15) is 22.5 Å². The van der Waals surface area contributed by atoms with Gasteiger partial charge in [0.2, 0.25) is 5.91 Å². The van der Waals surface area contributed by atoms with Gasteiger partial charge in [-0.15, -0.1) is 0 Å². The van der Waals surface area contributed by atoms with Crippen LogP contribution in [-0.4, -0.2) is 52.8 Å². The Morgan fingerprint density at radius 1 is 1.04 bits per heavy atom. The van der Waals surface area contributed by atoms with Crippen LogP contribution in [0.15, 0.2) is 47.3 Å². The smallest absolute Gasteiger partial charge is 0.254 e. The first-order chi connectivity index (χ1) is 11.2. The summed E-state index contributed by atoms with van der Waals surface area (Å²) in [4.78, 5) is 32.1. The molecule has 1 aliphatic heterocycles. The van der Waals surface area contributed by atoms with E-state index in [2.05, 4.69) is 4.98 Å². The van der Waals surface area contributed by atoms with Gasteiger partial charge in [-0.05, 0) is 24.3 Å². The number of hydrogen-bond acceptors (Lipinski definition) is 4. The Balaban J connectivity index is 1.48.